The molecule has 0 aliphatic carbocycles. The van der Waals surface area contributed by atoms with Gasteiger partial charge in [-0.15, -0.1) is 0 Å². The first-order chi connectivity index (χ1) is 4.61. The fraction of sp³-hybridized carbons (Fsp3) is 0.286. The third-order valence-corrected chi connectivity index (χ3v) is 2.57. The van der Waals surface area contributed by atoms with E-state index in [4.69, 9.17) is 0 Å². The quantitative estimate of drug-likeness (QED) is 0.572. The third kappa shape index (κ3) is 1.68. The van der Waals surface area contributed by atoms with Crippen molar-refractivity contribution in [3.63, 3.8) is 0 Å². The number of hydrogen-bond donors (Lipinski definition) is 0. The van der Waals surface area contributed by atoms with Crippen LogP contribution < -0.4 is 5.44 Å². The lowest BCUT2D eigenvalue weighted by Gasteiger charge is -2.02. The predicted octanol–water partition coefficient (Wildman–Crippen LogP) is 1.33. The minimum atomic E-state index is -2.13. The Kier molecular flexibility index (Phi) is 1.91. The molecule has 0 spiro atoms. The summed E-state index contributed by atoms with van der Waals surface area (Å²) < 4.78 is 11.4. The molecule has 10 heavy (non-hydrogen) atoms. The summed E-state index contributed by atoms with van der Waals surface area (Å²) >= 11 is 0. The average Bonchev–Trinajstić information content (AvgIpc) is 1.88. The molecule has 0 radical (unpaired) electrons. The number of aromatic nitrogens is 1. The van der Waals surface area contributed by atoms with E-state index >= 15 is 0 Å². The summed E-state index contributed by atoms with van der Waals surface area (Å²) in [6.45, 7) is 3.44. The third-order valence-electron chi connectivity index (χ3n) is 1.20. The van der Waals surface area contributed by atoms with Crippen LogP contribution in [0.3, 0.4) is 0 Å². The molecular weight excluding hydrogens is 145 g/mol. The highest BCUT2D eigenvalue weighted by Gasteiger charge is 2.10. The van der Waals surface area contributed by atoms with E-state index in [1.165, 1.54) is 0 Å². The first-order valence-electron chi connectivity index (χ1n) is 3.07. The van der Waals surface area contributed by atoms with Crippen molar-refractivity contribution >= 4 is 12.6 Å². The second-order valence-electron chi connectivity index (χ2n) is 2.54. The molecule has 0 unspecified atom stereocenters. The van der Waals surface area contributed by atoms with Crippen LogP contribution in [0.15, 0.2) is 24.4 Å². The molecule has 0 amide bonds. The van der Waals surface area contributed by atoms with Gasteiger partial charge in [-0.25, -0.2) is 0 Å². The van der Waals surface area contributed by atoms with Gasteiger partial charge in [0.2, 0.25) is 0 Å². The molecule has 3 heteroatoms. The van der Waals surface area contributed by atoms with Crippen molar-refractivity contribution in [3.8, 4) is 0 Å². The Morgan fingerprint density at radius 1 is 1.40 bits per heavy atom. The summed E-state index contributed by atoms with van der Waals surface area (Å²) in [5.41, 5.74) is 0.704. The Morgan fingerprint density at radius 3 is 2.40 bits per heavy atom. The zero-order chi connectivity index (χ0) is 7.61. The van der Waals surface area contributed by atoms with Crippen LogP contribution in [0, 0.1) is 0 Å². The summed E-state index contributed by atoms with van der Waals surface area (Å²) in [7, 11) is -2.13. The van der Waals surface area contributed by atoms with Gasteiger partial charge in [0.15, 0.2) is 0 Å². The molecule has 1 heterocycles. The van der Waals surface area contributed by atoms with Gasteiger partial charge >= 0.3 is 0 Å². The fourth-order valence-corrected chi connectivity index (χ4v) is 1.46. The van der Waals surface area contributed by atoms with Crippen LogP contribution in [0.5, 0.6) is 0 Å². The normalized spacial score (nSPS) is 11.4. The largest absolute Gasteiger partial charge is 0.318 e. The number of rotatable bonds is 1. The van der Waals surface area contributed by atoms with Gasteiger partial charge in [-0.05, 0) is 25.5 Å². The van der Waals surface area contributed by atoms with Crippen molar-refractivity contribution in [2.75, 3.05) is 13.3 Å². The van der Waals surface area contributed by atoms with Crippen LogP contribution >= 0.6 is 7.14 Å². The lowest BCUT2D eigenvalue weighted by molar-refractivity contribution is 0.588. The van der Waals surface area contributed by atoms with E-state index in [-0.39, 0.29) is 0 Å². The van der Waals surface area contributed by atoms with Crippen LogP contribution in [0.2, 0.25) is 0 Å². The van der Waals surface area contributed by atoms with Gasteiger partial charge < -0.3 is 4.57 Å². The van der Waals surface area contributed by atoms with Crippen LogP contribution in [0.25, 0.3) is 0 Å². The van der Waals surface area contributed by atoms with Crippen molar-refractivity contribution in [1.82, 2.24) is 4.98 Å². The van der Waals surface area contributed by atoms with Gasteiger partial charge in [0.25, 0.3) is 0 Å². The monoisotopic (exact) mass is 155 g/mol. The number of nitrogens with zero attached hydrogens (tertiary/aromatic N) is 1. The molecule has 2 nitrogen and oxygen atoms in total. The molecule has 1 aromatic rings. The van der Waals surface area contributed by atoms with Crippen molar-refractivity contribution in [2.24, 2.45) is 0 Å². The zero-order valence-corrected chi connectivity index (χ0v) is 7.01. The highest BCUT2D eigenvalue weighted by molar-refractivity contribution is 7.69. The molecular formula is C7H10NOP. The standard InChI is InChI=1S/C7H10NOP/c1-10(2,9)7-5-3-4-6-8-7/h3-6H,1-2H3. The molecule has 1 rings (SSSR count). The molecule has 1 aromatic heterocycles. The van der Waals surface area contributed by atoms with Gasteiger partial charge in [-0.2, -0.15) is 0 Å². The van der Waals surface area contributed by atoms with Crippen molar-refractivity contribution in [2.45, 2.75) is 0 Å². The van der Waals surface area contributed by atoms with Crippen molar-refractivity contribution in [1.29, 1.82) is 0 Å². The van der Waals surface area contributed by atoms with E-state index in [9.17, 15) is 4.57 Å². The molecule has 0 aliphatic rings. The average molecular weight is 155 g/mol. The molecule has 0 saturated heterocycles. The van der Waals surface area contributed by atoms with Crippen LogP contribution in [0.1, 0.15) is 0 Å². The lowest BCUT2D eigenvalue weighted by Crippen LogP contribution is -2.05. The van der Waals surface area contributed by atoms with E-state index in [2.05, 4.69) is 4.98 Å². The van der Waals surface area contributed by atoms with Crippen molar-refractivity contribution < 1.29 is 4.57 Å². The predicted molar refractivity (Wildman–Crippen MR) is 43.3 cm³/mol. The molecule has 54 valence electrons. The number of hydrogen-bond acceptors (Lipinski definition) is 2. The Bertz CT molecular complexity index is 252. The Labute approximate surface area is 60.7 Å². The van der Waals surface area contributed by atoms with Crippen molar-refractivity contribution in [3.05, 3.63) is 24.4 Å². The van der Waals surface area contributed by atoms with E-state index in [1.807, 2.05) is 12.1 Å². The topological polar surface area (TPSA) is 30.0 Å². The van der Waals surface area contributed by atoms with E-state index in [0.29, 0.717) is 5.44 Å². The highest BCUT2D eigenvalue weighted by Crippen LogP contribution is 2.32. The Hall–Kier alpha value is -0.620. The summed E-state index contributed by atoms with van der Waals surface area (Å²) in [5.74, 6) is 0. The molecule has 0 bridgehead atoms. The van der Waals surface area contributed by atoms with Gasteiger partial charge in [0.1, 0.15) is 7.14 Å². The molecule has 0 fully saturated rings. The smallest absolute Gasteiger partial charge is 0.127 e. The minimum absolute atomic E-state index is 0.704. The van der Waals surface area contributed by atoms with E-state index < -0.39 is 7.14 Å². The Morgan fingerprint density at radius 2 is 2.10 bits per heavy atom. The summed E-state index contributed by atoms with van der Waals surface area (Å²) in [4.78, 5) is 3.99. The maximum absolute atomic E-state index is 11.4. The zero-order valence-electron chi connectivity index (χ0n) is 6.11. The van der Waals surface area contributed by atoms with Gasteiger partial charge in [-0.1, -0.05) is 6.07 Å². The lowest BCUT2D eigenvalue weighted by atomic mass is 10.5. The molecule has 0 aliphatic heterocycles. The first-order valence-corrected chi connectivity index (χ1v) is 5.67. The highest BCUT2D eigenvalue weighted by atomic mass is 31.2. The van der Waals surface area contributed by atoms with E-state index in [0.717, 1.165) is 0 Å². The summed E-state index contributed by atoms with van der Waals surface area (Å²) in [6.07, 6.45) is 1.66. The SMILES string of the molecule is CP(C)(=O)c1ccccn1. The van der Waals surface area contributed by atoms with E-state index in [1.54, 1.807) is 25.6 Å². The van der Waals surface area contributed by atoms with Crippen LogP contribution in [0.4, 0.5) is 0 Å². The van der Waals surface area contributed by atoms with Crippen LogP contribution in [-0.4, -0.2) is 18.3 Å². The fourth-order valence-electron chi connectivity index (χ4n) is 0.672. The molecule has 0 N–H and O–H groups in total. The van der Waals surface area contributed by atoms with Gasteiger partial charge in [0.05, 0.1) is 5.44 Å². The summed E-state index contributed by atoms with van der Waals surface area (Å²) in [6, 6.07) is 5.46. The Balaban J connectivity index is 3.09. The molecule has 0 aromatic carbocycles. The second kappa shape index (κ2) is 2.55. The summed E-state index contributed by atoms with van der Waals surface area (Å²) in [5, 5.41) is 0. The minimum Gasteiger partial charge on any atom is -0.318 e. The van der Waals surface area contributed by atoms with Crippen LogP contribution in [-0.2, 0) is 4.57 Å². The molecule has 0 atom stereocenters. The molecule has 0 saturated carbocycles. The van der Waals surface area contributed by atoms with Gasteiger partial charge in [-0.3, -0.25) is 4.98 Å². The number of pyridine rings is 1. The van der Waals surface area contributed by atoms with Gasteiger partial charge in [0, 0.05) is 6.20 Å². The maximum atomic E-state index is 11.4. The maximum Gasteiger partial charge on any atom is 0.127 e. The second-order valence-corrected chi connectivity index (χ2v) is 5.70. The first kappa shape index (κ1) is 7.49.